The van der Waals surface area contributed by atoms with Crippen molar-refractivity contribution in [1.29, 1.82) is 0 Å². The van der Waals surface area contributed by atoms with E-state index in [2.05, 4.69) is 15.1 Å². The molecule has 1 amide bonds. The van der Waals surface area contributed by atoms with E-state index in [1.54, 1.807) is 54.6 Å². The Morgan fingerprint density at radius 1 is 1.16 bits per heavy atom. The minimum atomic E-state index is -3.43. The van der Waals surface area contributed by atoms with Crippen LogP contribution in [0.1, 0.15) is 10.4 Å². The van der Waals surface area contributed by atoms with E-state index in [1.807, 2.05) is 0 Å². The lowest BCUT2D eigenvalue weighted by Gasteiger charge is -2.28. The molecule has 2 heterocycles. The first-order valence-electron chi connectivity index (χ1n) is 9.50. The Morgan fingerprint density at radius 2 is 1.94 bits per heavy atom. The van der Waals surface area contributed by atoms with Crippen LogP contribution in [0.3, 0.4) is 0 Å². The van der Waals surface area contributed by atoms with Crippen molar-refractivity contribution in [2.75, 3.05) is 28.7 Å². The molecule has 0 saturated carbocycles. The third-order valence-electron chi connectivity index (χ3n) is 4.82. The number of aromatic nitrogens is 1. The van der Waals surface area contributed by atoms with Crippen molar-refractivity contribution in [2.45, 2.75) is 0 Å². The SMILES string of the molecule is [C-]#[N+]c1ccnc(-c2cc(NC(=O)c3ccc(N4COCCS4(=O)=O)cc3)ccc2Cl)c1. The van der Waals surface area contributed by atoms with Gasteiger partial charge in [0.25, 0.3) is 5.91 Å². The molecule has 0 spiro atoms. The van der Waals surface area contributed by atoms with Crippen molar-refractivity contribution in [3.05, 3.63) is 82.8 Å². The molecule has 1 saturated heterocycles. The lowest BCUT2D eigenvalue weighted by Crippen LogP contribution is -2.41. The fraction of sp³-hybridized carbons (Fsp3) is 0.136. The predicted molar refractivity (Wildman–Crippen MR) is 122 cm³/mol. The van der Waals surface area contributed by atoms with Gasteiger partial charge in [0.15, 0.2) is 5.69 Å². The Bertz CT molecular complexity index is 1320. The second-order valence-corrected chi connectivity index (χ2v) is 9.33. The number of rotatable bonds is 4. The summed E-state index contributed by atoms with van der Waals surface area (Å²) in [5.41, 5.74) is 2.83. The summed E-state index contributed by atoms with van der Waals surface area (Å²) in [6.45, 7) is 7.27. The van der Waals surface area contributed by atoms with Crippen LogP contribution < -0.4 is 9.62 Å². The van der Waals surface area contributed by atoms with E-state index in [1.165, 1.54) is 10.5 Å². The predicted octanol–water partition coefficient (Wildman–Crippen LogP) is 4.33. The Balaban J connectivity index is 1.53. The maximum Gasteiger partial charge on any atom is 0.255 e. The number of carbonyl (C=O) groups is 1. The Kier molecular flexibility index (Phi) is 6.10. The van der Waals surface area contributed by atoms with E-state index >= 15 is 0 Å². The van der Waals surface area contributed by atoms with Gasteiger partial charge in [0.2, 0.25) is 10.0 Å². The van der Waals surface area contributed by atoms with E-state index in [0.717, 1.165) is 0 Å². The van der Waals surface area contributed by atoms with E-state index in [9.17, 15) is 13.2 Å². The minimum Gasteiger partial charge on any atom is -0.359 e. The summed E-state index contributed by atoms with van der Waals surface area (Å²) in [5, 5.41) is 3.23. The van der Waals surface area contributed by atoms with Gasteiger partial charge >= 0.3 is 0 Å². The van der Waals surface area contributed by atoms with Gasteiger partial charge < -0.3 is 10.1 Å². The molecule has 162 valence electrons. The van der Waals surface area contributed by atoms with Crippen molar-refractivity contribution < 1.29 is 17.9 Å². The zero-order valence-electron chi connectivity index (χ0n) is 16.7. The normalized spacial score (nSPS) is 15.1. The van der Waals surface area contributed by atoms with E-state index in [0.29, 0.717) is 38.9 Å². The van der Waals surface area contributed by atoms with Crippen LogP contribution >= 0.6 is 11.6 Å². The summed E-state index contributed by atoms with van der Waals surface area (Å²) >= 11 is 6.30. The Morgan fingerprint density at radius 3 is 2.66 bits per heavy atom. The molecule has 2 aromatic carbocycles. The van der Waals surface area contributed by atoms with Crippen molar-refractivity contribution >= 4 is 44.6 Å². The molecule has 8 nitrogen and oxygen atoms in total. The molecule has 0 atom stereocenters. The highest BCUT2D eigenvalue weighted by Gasteiger charge is 2.26. The molecule has 1 aromatic heterocycles. The fourth-order valence-electron chi connectivity index (χ4n) is 3.16. The number of nitrogens with zero attached hydrogens (tertiary/aromatic N) is 3. The Labute approximate surface area is 190 Å². The Hall–Kier alpha value is -3.45. The molecule has 1 N–H and O–H groups in total. The van der Waals surface area contributed by atoms with Crippen LogP contribution in [0.15, 0.2) is 60.8 Å². The van der Waals surface area contributed by atoms with Gasteiger partial charge in [-0.25, -0.2) is 17.6 Å². The van der Waals surface area contributed by atoms with Crippen LogP contribution in [-0.4, -0.2) is 38.4 Å². The molecule has 32 heavy (non-hydrogen) atoms. The van der Waals surface area contributed by atoms with Gasteiger partial charge in [-0.3, -0.25) is 9.78 Å². The van der Waals surface area contributed by atoms with E-state index in [4.69, 9.17) is 22.9 Å². The van der Waals surface area contributed by atoms with Crippen LogP contribution in [0.5, 0.6) is 0 Å². The highest BCUT2D eigenvalue weighted by atomic mass is 35.5. The van der Waals surface area contributed by atoms with Gasteiger partial charge in [0.05, 0.1) is 35.3 Å². The maximum atomic E-state index is 12.7. The number of pyridine rings is 1. The molecule has 0 bridgehead atoms. The molecular formula is C22H17ClN4O4S. The third-order valence-corrected chi connectivity index (χ3v) is 6.82. The summed E-state index contributed by atoms with van der Waals surface area (Å²) in [4.78, 5) is 20.4. The summed E-state index contributed by atoms with van der Waals surface area (Å²) in [6.07, 6.45) is 1.53. The number of anilines is 2. The topological polar surface area (TPSA) is 93.0 Å². The number of carbonyl (C=O) groups excluding carboxylic acids is 1. The van der Waals surface area contributed by atoms with Gasteiger partial charge in [-0.2, -0.15) is 0 Å². The van der Waals surface area contributed by atoms with Crippen LogP contribution in [0.2, 0.25) is 5.02 Å². The molecule has 1 fully saturated rings. The third kappa shape index (κ3) is 4.57. The molecule has 0 radical (unpaired) electrons. The number of hydrogen-bond donors (Lipinski definition) is 1. The van der Waals surface area contributed by atoms with E-state index < -0.39 is 10.0 Å². The van der Waals surface area contributed by atoms with Crippen molar-refractivity contribution in [3.63, 3.8) is 0 Å². The number of halogens is 1. The summed E-state index contributed by atoms with van der Waals surface area (Å²) in [6, 6.07) is 14.4. The standard InChI is InChI=1S/C22H17ClN4O4S/c1-24-16-8-9-25-21(13-16)19-12-17(4-7-20(19)23)26-22(28)15-2-5-18(6-3-15)27-14-31-10-11-32(27,29)30/h2-9,12-13H,10-11,14H2,(H,26,28). The average molecular weight is 469 g/mol. The van der Waals surface area contributed by atoms with Crippen molar-refractivity contribution in [1.82, 2.24) is 4.98 Å². The molecule has 0 unspecified atom stereocenters. The number of sulfonamides is 1. The minimum absolute atomic E-state index is 0.0514. The number of ether oxygens (including phenoxy) is 1. The second-order valence-electron chi connectivity index (χ2n) is 6.91. The first-order valence-corrected chi connectivity index (χ1v) is 11.5. The van der Waals surface area contributed by atoms with Crippen molar-refractivity contribution in [3.8, 4) is 11.3 Å². The quantitative estimate of drug-likeness (QED) is 0.575. The summed E-state index contributed by atoms with van der Waals surface area (Å²) < 4.78 is 30.8. The second kappa shape index (κ2) is 8.96. The van der Waals surface area contributed by atoms with Gasteiger partial charge in [0.1, 0.15) is 6.73 Å². The molecule has 3 aromatic rings. The number of benzene rings is 2. The van der Waals surface area contributed by atoms with Crippen LogP contribution in [0, 0.1) is 6.57 Å². The first-order chi connectivity index (χ1) is 15.4. The smallest absolute Gasteiger partial charge is 0.255 e. The van der Waals surface area contributed by atoms with Gasteiger partial charge in [-0.05, 0) is 54.6 Å². The zero-order chi connectivity index (χ0) is 22.7. The van der Waals surface area contributed by atoms with Crippen LogP contribution in [-0.2, 0) is 14.8 Å². The van der Waals surface area contributed by atoms with Gasteiger partial charge in [0, 0.05) is 23.0 Å². The number of nitrogens with one attached hydrogen (secondary N) is 1. The maximum absolute atomic E-state index is 12.7. The molecule has 10 heteroatoms. The molecule has 1 aliphatic rings. The molecule has 4 rings (SSSR count). The molecular weight excluding hydrogens is 452 g/mol. The lowest BCUT2D eigenvalue weighted by molar-refractivity contribution is 0.102. The zero-order valence-corrected chi connectivity index (χ0v) is 18.2. The highest BCUT2D eigenvalue weighted by molar-refractivity contribution is 7.92. The van der Waals surface area contributed by atoms with Crippen LogP contribution in [0.25, 0.3) is 16.1 Å². The molecule has 0 aliphatic carbocycles. The highest BCUT2D eigenvalue weighted by Crippen LogP contribution is 2.31. The van der Waals surface area contributed by atoms with Crippen molar-refractivity contribution in [2.24, 2.45) is 0 Å². The largest absolute Gasteiger partial charge is 0.359 e. The van der Waals surface area contributed by atoms with E-state index in [-0.39, 0.29) is 25.0 Å². The fourth-order valence-corrected chi connectivity index (χ4v) is 4.60. The monoisotopic (exact) mass is 468 g/mol. The lowest BCUT2D eigenvalue weighted by atomic mass is 10.1. The summed E-state index contributed by atoms with van der Waals surface area (Å²) in [7, 11) is -3.43. The molecule has 1 aliphatic heterocycles. The van der Waals surface area contributed by atoms with Crippen LogP contribution in [0.4, 0.5) is 17.1 Å². The number of hydrogen-bond acceptors (Lipinski definition) is 5. The first kappa shape index (κ1) is 21.8. The average Bonchev–Trinajstić information content (AvgIpc) is 2.80. The summed E-state index contributed by atoms with van der Waals surface area (Å²) in [5.74, 6) is -0.452. The van der Waals surface area contributed by atoms with Gasteiger partial charge in [-0.15, -0.1) is 0 Å². The van der Waals surface area contributed by atoms with Gasteiger partial charge in [-0.1, -0.05) is 11.6 Å². The number of amides is 1.